The molecule has 0 aliphatic carbocycles. The first kappa shape index (κ1) is 11.5. The van der Waals surface area contributed by atoms with Gasteiger partial charge in [-0.1, -0.05) is 0 Å². The van der Waals surface area contributed by atoms with Crippen molar-refractivity contribution in [1.82, 2.24) is 14.7 Å². The third kappa shape index (κ3) is 1.98. The number of rotatable bonds is 1. The van der Waals surface area contributed by atoms with E-state index >= 15 is 0 Å². The fourth-order valence-electron chi connectivity index (χ4n) is 1.74. The predicted molar refractivity (Wildman–Crippen MR) is 69.0 cm³/mol. The van der Waals surface area contributed by atoms with Crippen LogP contribution < -0.4 is 5.32 Å². The molecule has 1 saturated heterocycles. The van der Waals surface area contributed by atoms with Crippen LogP contribution in [-0.4, -0.2) is 20.5 Å². The van der Waals surface area contributed by atoms with Gasteiger partial charge >= 0.3 is 0 Å². The van der Waals surface area contributed by atoms with E-state index in [0.29, 0.717) is 21.8 Å². The number of hydrogen-bond donors (Lipinski definition) is 1. The summed E-state index contributed by atoms with van der Waals surface area (Å²) < 4.78 is 1.63. The minimum Gasteiger partial charge on any atom is -0.291 e. The topological polar surface area (TPSA) is 87.3 Å². The Morgan fingerprint density at radius 3 is 2.95 bits per heavy atom. The molecular formula is C12H6N4O2S. The number of nitrogens with zero attached hydrogens (tertiary/aromatic N) is 3. The van der Waals surface area contributed by atoms with Crippen molar-refractivity contribution < 1.29 is 9.59 Å². The molecule has 0 bridgehead atoms. The van der Waals surface area contributed by atoms with Crippen molar-refractivity contribution in [1.29, 1.82) is 5.26 Å². The number of pyridine rings is 1. The molecule has 7 heteroatoms. The highest BCUT2D eigenvalue weighted by Crippen LogP contribution is 2.25. The van der Waals surface area contributed by atoms with Gasteiger partial charge in [0.1, 0.15) is 17.4 Å². The normalized spacial score (nSPS) is 16.9. The molecule has 0 unspecified atom stereocenters. The van der Waals surface area contributed by atoms with Crippen molar-refractivity contribution in [2.24, 2.45) is 0 Å². The van der Waals surface area contributed by atoms with E-state index in [0.717, 1.165) is 11.8 Å². The zero-order valence-corrected chi connectivity index (χ0v) is 10.3. The number of imidazole rings is 1. The number of fused-ring (bicyclic) bond motifs is 1. The smallest absolute Gasteiger partial charge is 0.290 e. The minimum absolute atomic E-state index is 0.336. The van der Waals surface area contributed by atoms with Crippen LogP contribution in [0.4, 0.5) is 4.79 Å². The van der Waals surface area contributed by atoms with E-state index in [9.17, 15) is 9.59 Å². The zero-order valence-electron chi connectivity index (χ0n) is 9.45. The second-order valence-electron chi connectivity index (χ2n) is 3.80. The summed E-state index contributed by atoms with van der Waals surface area (Å²) in [6, 6.07) is 5.54. The molecule has 1 fully saturated rings. The number of hydrogen-bond acceptors (Lipinski definition) is 5. The van der Waals surface area contributed by atoms with Crippen LogP contribution in [0.15, 0.2) is 29.4 Å². The second kappa shape index (κ2) is 4.26. The Kier molecular flexibility index (Phi) is 2.58. The van der Waals surface area contributed by atoms with Gasteiger partial charge in [0, 0.05) is 6.20 Å². The van der Waals surface area contributed by atoms with Crippen molar-refractivity contribution in [2.75, 3.05) is 0 Å². The van der Waals surface area contributed by atoms with E-state index < -0.39 is 5.91 Å². The molecule has 3 rings (SSSR count). The van der Waals surface area contributed by atoms with Gasteiger partial charge < -0.3 is 0 Å². The second-order valence-corrected chi connectivity index (χ2v) is 4.81. The van der Waals surface area contributed by atoms with Gasteiger partial charge in [-0.05, 0) is 35.5 Å². The lowest BCUT2D eigenvalue weighted by atomic mass is 10.2. The molecule has 6 nitrogen and oxygen atoms in total. The SMILES string of the molecule is N#Cc1cnc2ccc(C=C3SC(=O)NC3=O)cn12. The summed E-state index contributed by atoms with van der Waals surface area (Å²) in [6.07, 6.45) is 4.78. The van der Waals surface area contributed by atoms with Crippen molar-refractivity contribution in [3.05, 3.63) is 40.7 Å². The Bertz CT molecular complexity index is 785. The van der Waals surface area contributed by atoms with Crippen molar-refractivity contribution in [2.45, 2.75) is 0 Å². The Labute approximate surface area is 111 Å². The van der Waals surface area contributed by atoms with Crippen LogP contribution in [0.2, 0.25) is 0 Å². The Balaban J connectivity index is 2.07. The molecule has 2 aromatic rings. The lowest BCUT2D eigenvalue weighted by Crippen LogP contribution is -2.17. The van der Waals surface area contributed by atoms with Gasteiger partial charge in [0.15, 0.2) is 0 Å². The highest BCUT2D eigenvalue weighted by Gasteiger charge is 2.24. The summed E-state index contributed by atoms with van der Waals surface area (Å²) in [7, 11) is 0. The van der Waals surface area contributed by atoms with E-state index in [2.05, 4.69) is 10.3 Å². The summed E-state index contributed by atoms with van der Waals surface area (Å²) >= 11 is 0.858. The van der Waals surface area contributed by atoms with Crippen LogP contribution >= 0.6 is 11.8 Å². The van der Waals surface area contributed by atoms with Crippen LogP contribution in [0.5, 0.6) is 0 Å². The molecule has 1 N–H and O–H groups in total. The van der Waals surface area contributed by atoms with Crippen molar-refractivity contribution >= 4 is 34.6 Å². The first-order chi connectivity index (χ1) is 9.17. The molecule has 1 aliphatic rings. The molecular weight excluding hydrogens is 264 g/mol. The van der Waals surface area contributed by atoms with E-state index in [4.69, 9.17) is 5.26 Å². The number of nitriles is 1. The summed E-state index contributed by atoms with van der Waals surface area (Å²) in [5, 5.41) is 10.7. The van der Waals surface area contributed by atoms with Crippen LogP contribution in [0.1, 0.15) is 11.3 Å². The fraction of sp³-hybridized carbons (Fsp3) is 0. The zero-order chi connectivity index (χ0) is 13.4. The van der Waals surface area contributed by atoms with Gasteiger partial charge in [0.2, 0.25) is 0 Å². The average Bonchev–Trinajstić information content (AvgIpc) is 2.93. The first-order valence-electron chi connectivity index (χ1n) is 5.29. The Morgan fingerprint density at radius 1 is 1.42 bits per heavy atom. The van der Waals surface area contributed by atoms with E-state index in [1.807, 2.05) is 6.07 Å². The maximum Gasteiger partial charge on any atom is 0.290 e. The lowest BCUT2D eigenvalue weighted by Gasteiger charge is -1.98. The number of aromatic nitrogens is 2. The van der Waals surface area contributed by atoms with Gasteiger partial charge in [0.05, 0.1) is 11.1 Å². The van der Waals surface area contributed by atoms with Crippen LogP contribution in [0.25, 0.3) is 11.7 Å². The largest absolute Gasteiger partial charge is 0.291 e. The van der Waals surface area contributed by atoms with Gasteiger partial charge in [-0.2, -0.15) is 5.26 Å². The summed E-state index contributed by atoms with van der Waals surface area (Å²) in [5.41, 5.74) is 1.78. The molecule has 92 valence electrons. The van der Waals surface area contributed by atoms with Crippen LogP contribution in [0.3, 0.4) is 0 Å². The monoisotopic (exact) mass is 270 g/mol. The molecule has 2 aromatic heterocycles. The molecule has 3 heterocycles. The van der Waals surface area contributed by atoms with Gasteiger partial charge in [0.25, 0.3) is 11.1 Å². The van der Waals surface area contributed by atoms with Gasteiger partial charge in [-0.15, -0.1) is 0 Å². The number of thioether (sulfide) groups is 1. The standard InChI is InChI=1S/C12H6N4O2S/c13-4-8-5-14-10-2-1-7(6-16(8)10)3-9-11(17)15-12(18)19-9/h1-3,5-6H,(H,15,17,18). The van der Waals surface area contributed by atoms with Crippen LogP contribution in [0, 0.1) is 11.3 Å². The Hall–Kier alpha value is -2.59. The molecule has 0 saturated carbocycles. The summed E-state index contributed by atoms with van der Waals surface area (Å²) in [6.45, 7) is 0. The maximum atomic E-state index is 11.4. The quantitative estimate of drug-likeness (QED) is 0.794. The fourth-order valence-corrected chi connectivity index (χ4v) is 2.42. The molecule has 0 atom stereocenters. The lowest BCUT2D eigenvalue weighted by molar-refractivity contribution is -0.115. The molecule has 0 radical (unpaired) electrons. The number of amides is 2. The number of nitrogens with one attached hydrogen (secondary N) is 1. The third-order valence-electron chi connectivity index (χ3n) is 2.58. The van der Waals surface area contributed by atoms with Gasteiger partial charge in [-0.25, -0.2) is 4.98 Å². The molecule has 1 aliphatic heterocycles. The highest BCUT2D eigenvalue weighted by molar-refractivity contribution is 8.18. The Morgan fingerprint density at radius 2 is 2.26 bits per heavy atom. The number of carbonyl (C=O) groups excluding carboxylic acids is 2. The molecule has 19 heavy (non-hydrogen) atoms. The molecule has 2 amide bonds. The molecule has 0 spiro atoms. The van der Waals surface area contributed by atoms with Crippen molar-refractivity contribution in [3.8, 4) is 6.07 Å². The van der Waals surface area contributed by atoms with E-state index in [-0.39, 0.29) is 5.24 Å². The predicted octanol–water partition coefficient (Wildman–Crippen LogP) is 1.53. The van der Waals surface area contributed by atoms with E-state index in [1.165, 1.54) is 6.20 Å². The number of carbonyl (C=O) groups is 2. The third-order valence-corrected chi connectivity index (χ3v) is 3.39. The average molecular weight is 270 g/mol. The molecule has 0 aromatic carbocycles. The number of imide groups is 1. The first-order valence-corrected chi connectivity index (χ1v) is 6.11. The van der Waals surface area contributed by atoms with E-state index in [1.54, 1.807) is 28.8 Å². The van der Waals surface area contributed by atoms with Crippen LogP contribution in [-0.2, 0) is 4.79 Å². The van der Waals surface area contributed by atoms with Crippen molar-refractivity contribution in [3.63, 3.8) is 0 Å². The van der Waals surface area contributed by atoms with Gasteiger partial charge in [-0.3, -0.25) is 19.3 Å². The minimum atomic E-state index is -0.402. The summed E-state index contributed by atoms with van der Waals surface area (Å²) in [4.78, 5) is 26.9. The highest BCUT2D eigenvalue weighted by atomic mass is 32.2. The maximum absolute atomic E-state index is 11.4. The summed E-state index contributed by atoms with van der Waals surface area (Å²) in [5.74, 6) is -0.402.